The smallest absolute Gasteiger partial charge is 0.342 e. The summed E-state index contributed by atoms with van der Waals surface area (Å²) >= 11 is 0. The fourth-order valence-electron chi connectivity index (χ4n) is 2.62. The van der Waals surface area contributed by atoms with Crippen LogP contribution in [0.25, 0.3) is 11.3 Å². The quantitative estimate of drug-likeness (QED) is 0.804. The van der Waals surface area contributed by atoms with Gasteiger partial charge in [-0.1, -0.05) is 0 Å². The molecule has 0 saturated heterocycles. The molecule has 126 valence electrons. The van der Waals surface area contributed by atoms with Crippen LogP contribution in [-0.2, 0) is 4.79 Å². The van der Waals surface area contributed by atoms with Gasteiger partial charge in [0, 0.05) is 36.7 Å². The van der Waals surface area contributed by atoms with E-state index >= 15 is 0 Å². The fourth-order valence-corrected chi connectivity index (χ4v) is 2.62. The predicted molar refractivity (Wildman–Crippen MR) is 90.1 cm³/mol. The van der Waals surface area contributed by atoms with Gasteiger partial charge in [0.1, 0.15) is 5.75 Å². The van der Waals surface area contributed by atoms with Crippen LogP contribution in [0.1, 0.15) is 38.3 Å². The lowest BCUT2D eigenvalue weighted by Gasteiger charge is -2.06. The molecule has 24 heavy (non-hydrogen) atoms. The molecule has 0 unspecified atom stereocenters. The van der Waals surface area contributed by atoms with E-state index in [1.807, 2.05) is 13.0 Å². The highest BCUT2D eigenvalue weighted by Crippen LogP contribution is 2.42. The number of benzene rings is 1. The van der Waals surface area contributed by atoms with Crippen molar-refractivity contribution in [1.29, 1.82) is 0 Å². The number of rotatable bonds is 4. The first-order chi connectivity index (χ1) is 11.5. The second-order valence-electron chi connectivity index (χ2n) is 5.89. The number of nitrogens with zero attached hydrogens (tertiary/aromatic N) is 2. The van der Waals surface area contributed by atoms with Gasteiger partial charge in [-0.3, -0.25) is 4.79 Å². The van der Waals surface area contributed by atoms with E-state index in [-0.39, 0.29) is 17.7 Å². The highest BCUT2D eigenvalue weighted by Gasteiger charge is 2.30. The van der Waals surface area contributed by atoms with E-state index in [0.717, 1.165) is 18.5 Å². The van der Waals surface area contributed by atoms with Gasteiger partial charge in [0.05, 0.1) is 11.4 Å². The number of anilines is 1. The number of hydrogen-bond donors (Lipinski definition) is 3. The Labute approximate surface area is 139 Å². The summed E-state index contributed by atoms with van der Waals surface area (Å²) in [4.78, 5) is 23.3. The lowest BCUT2D eigenvalue weighted by atomic mass is 10.1. The van der Waals surface area contributed by atoms with Gasteiger partial charge in [-0.2, -0.15) is 9.78 Å². The number of aromatic nitrogens is 2. The third kappa shape index (κ3) is 3.24. The molecule has 7 nitrogen and oxygen atoms in total. The Balaban J connectivity index is 1.96. The Morgan fingerprint density at radius 1 is 1.33 bits per heavy atom. The van der Waals surface area contributed by atoms with Crippen molar-refractivity contribution in [2.75, 3.05) is 11.9 Å². The molecular formula is C17H20N4O3. The SMILES string of the molecule is CCNC(=O)n1nc(-c2ccc(NC(C)=O)cc2O)cc1C1CC1. The molecule has 0 atom stereocenters. The Morgan fingerprint density at radius 3 is 2.67 bits per heavy atom. The van der Waals surface area contributed by atoms with Crippen LogP contribution >= 0.6 is 0 Å². The number of aromatic hydroxyl groups is 1. The van der Waals surface area contributed by atoms with E-state index in [2.05, 4.69) is 15.7 Å². The van der Waals surface area contributed by atoms with Crippen LogP contribution in [0, 0.1) is 0 Å². The summed E-state index contributed by atoms with van der Waals surface area (Å²) in [6.07, 6.45) is 2.08. The lowest BCUT2D eigenvalue weighted by molar-refractivity contribution is -0.114. The van der Waals surface area contributed by atoms with Gasteiger partial charge in [-0.25, -0.2) is 4.79 Å². The first-order valence-electron chi connectivity index (χ1n) is 7.98. The summed E-state index contributed by atoms with van der Waals surface area (Å²) in [5, 5.41) is 20.0. The van der Waals surface area contributed by atoms with Crippen LogP contribution in [0.2, 0.25) is 0 Å². The molecule has 1 heterocycles. The van der Waals surface area contributed by atoms with Crippen molar-refractivity contribution in [1.82, 2.24) is 15.1 Å². The molecule has 0 spiro atoms. The minimum atomic E-state index is -0.264. The van der Waals surface area contributed by atoms with Crippen LogP contribution in [0.4, 0.5) is 10.5 Å². The minimum absolute atomic E-state index is 0.00384. The third-order valence-electron chi connectivity index (χ3n) is 3.85. The zero-order valence-corrected chi connectivity index (χ0v) is 13.7. The fraction of sp³-hybridized carbons (Fsp3) is 0.353. The van der Waals surface area contributed by atoms with Crippen LogP contribution in [-0.4, -0.2) is 33.4 Å². The van der Waals surface area contributed by atoms with Crippen LogP contribution < -0.4 is 10.6 Å². The molecule has 0 aliphatic heterocycles. The van der Waals surface area contributed by atoms with Gasteiger partial charge in [0.25, 0.3) is 0 Å². The average molecular weight is 328 g/mol. The van der Waals surface area contributed by atoms with Gasteiger partial charge in [0.15, 0.2) is 0 Å². The summed E-state index contributed by atoms with van der Waals surface area (Å²) in [6, 6.07) is 6.43. The molecule has 1 aromatic carbocycles. The van der Waals surface area contributed by atoms with Gasteiger partial charge in [-0.15, -0.1) is 0 Å². The number of amides is 2. The second-order valence-corrected chi connectivity index (χ2v) is 5.89. The molecule has 2 amide bonds. The van der Waals surface area contributed by atoms with E-state index in [0.29, 0.717) is 29.4 Å². The van der Waals surface area contributed by atoms with Crippen LogP contribution in [0.3, 0.4) is 0 Å². The topological polar surface area (TPSA) is 96.3 Å². The van der Waals surface area contributed by atoms with Crippen molar-refractivity contribution >= 4 is 17.6 Å². The lowest BCUT2D eigenvalue weighted by Crippen LogP contribution is -2.30. The first kappa shape index (κ1) is 16.0. The monoisotopic (exact) mass is 328 g/mol. The molecular weight excluding hydrogens is 308 g/mol. The molecule has 2 aromatic rings. The van der Waals surface area contributed by atoms with Crippen LogP contribution in [0.5, 0.6) is 5.75 Å². The maximum atomic E-state index is 12.2. The molecule has 3 N–H and O–H groups in total. The van der Waals surface area contributed by atoms with Crippen molar-refractivity contribution in [2.45, 2.75) is 32.6 Å². The Kier molecular flexibility index (Phi) is 4.24. The van der Waals surface area contributed by atoms with Crippen molar-refractivity contribution in [3.8, 4) is 17.0 Å². The van der Waals surface area contributed by atoms with Gasteiger partial charge < -0.3 is 15.7 Å². The number of hydrogen-bond acceptors (Lipinski definition) is 4. The molecule has 1 aliphatic rings. The molecule has 3 rings (SSSR count). The molecule has 1 saturated carbocycles. The predicted octanol–water partition coefficient (Wildman–Crippen LogP) is 2.67. The third-order valence-corrected chi connectivity index (χ3v) is 3.85. The molecule has 1 fully saturated rings. The largest absolute Gasteiger partial charge is 0.507 e. The van der Waals surface area contributed by atoms with E-state index in [9.17, 15) is 14.7 Å². The Morgan fingerprint density at radius 2 is 2.08 bits per heavy atom. The number of carbonyl (C=O) groups excluding carboxylic acids is 2. The summed E-state index contributed by atoms with van der Waals surface area (Å²) < 4.78 is 1.39. The minimum Gasteiger partial charge on any atom is -0.507 e. The maximum Gasteiger partial charge on any atom is 0.342 e. The first-order valence-corrected chi connectivity index (χ1v) is 7.98. The highest BCUT2D eigenvalue weighted by atomic mass is 16.3. The number of phenols is 1. The van der Waals surface area contributed by atoms with E-state index in [1.54, 1.807) is 12.1 Å². The standard InChI is InChI=1S/C17H20N4O3/c1-3-18-17(24)21-15(11-4-5-11)9-14(20-21)13-7-6-12(8-16(13)23)19-10(2)22/h6-9,11,23H,3-5H2,1-2H3,(H,18,24)(H,19,22). The van der Waals surface area contributed by atoms with Crippen LogP contribution in [0.15, 0.2) is 24.3 Å². The second kappa shape index (κ2) is 6.35. The molecule has 7 heteroatoms. The van der Waals surface area contributed by atoms with Crippen molar-refractivity contribution in [2.24, 2.45) is 0 Å². The maximum absolute atomic E-state index is 12.2. The summed E-state index contributed by atoms with van der Waals surface area (Å²) in [5.74, 6) is 0.137. The van der Waals surface area contributed by atoms with E-state index in [4.69, 9.17) is 0 Å². The van der Waals surface area contributed by atoms with Crippen molar-refractivity contribution in [3.05, 3.63) is 30.0 Å². The normalized spacial score (nSPS) is 13.6. The highest BCUT2D eigenvalue weighted by molar-refractivity contribution is 5.89. The van der Waals surface area contributed by atoms with Gasteiger partial charge in [0.2, 0.25) is 5.91 Å². The Bertz CT molecular complexity index is 793. The number of nitrogens with one attached hydrogen (secondary N) is 2. The van der Waals surface area contributed by atoms with Gasteiger partial charge in [-0.05, 0) is 38.0 Å². The van der Waals surface area contributed by atoms with Gasteiger partial charge >= 0.3 is 6.03 Å². The summed E-state index contributed by atoms with van der Waals surface area (Å²) in [7, 11) is 0. The number of carbonyl (C=O) groups is 2. The molecule has 1 aromatic heterocycles. The summed E-state index contributed by atoms with van der Waals surface area (Å²) in [6.45, 7) is 3.78. The van der Waals surface area contributed by atoms with E-state index < -0.39 is 0 Å². The molecule has 0 bridgehead atoms. The number of phenolic OH excluding ortho intramolecular Hbond substituents is 1. The molecule has 1 aliphatic carbocycles. The van der Waals surface area contributed by atoms with E-state index in [1.165, 1.54) is 17.7 Å². The average Bonchev–Trinajstić information content (AvgIpc) is 3.26. The zero-order chi connectivity index (χ0) is 17.3. The zero-order valence-electron chi connectivity index (χ0n) is 13.7. The van der Waals surface area contributed by atoms with Crippen molar-refractivity contribution in [3.63, 3.8) is 0 Å². The molecule has 0 radical (unpaired) electrons. The summed E-state index contributed by atoms with van der Waals surface area (Å²) in [5.41, 5.74) is 2.43. The van der Waals surface area contributed by atoms with Crippen molar-refractivity contribution < 1.29 is 14.7 Å². The Hall–Kier alpha value is -2.83.